The Morgan fingerprint density at radius 2 is 1.79 bits per heavy atom. The van der Waals surface area contributed by atoms with Crippen LogP contribution in [0.1, 0.15) is 17.2 Å². The second-order valence-corrected chi connectivity index (χ2v) is 6.22. The van der Waals surface area contributed by atoms with Crippen molar-refractivity contribution in [2.45, 2.75) is 19.4 Å². The number of hydrogen-bond donors (Lipinski definition) is 1. The molecule has 0 fully saturated rings. The van der Waals surface area contributed by atoms with Crippen LogP contribution in [0.15, 0.2) is 41.5 Å². The maximum Gasteiger partial charge on any atom is 0.132 e. The zero-order valence-corrected chi connectivity index (χ0v) is 14.1. The number of nitrogens with two attached hydrogens (primary N) is 1. The Labute approximate surface area is 143 Å². The van der Waals surface area contributed by atoms with Gasteiger partial charge in [-0.2, -0.15) is 0 Å². The largest absolute Gasteiger partial charge is 0.330 e. The van der Waals surface area contributed by atoms with Crippen molar-refractivity contribution < 1.29 is 8.78 Å². The van der Waals surface area contributed by atoms with Gasteiger partial charge in [-0.15, -0.1) is 10.2 Å². The molecule has 24 heavy (non-hydrogen) atoms. The van der Waals surface area contributed by atoms with Gasteiger partial charge in [0.1, 0.15) is 28.8 Å². The van der Waals surface area contributed by atoms with Crippen LogP contribution < -0.4 is 5.73 Å². The maximum atomic E-state index is 14.7. The Hall–Kier alpha value is -2.05. The monoisotopic (exact) mass is 350 g/mol. The lowest BCUT2D eigenvalue weighted by Gasteiger charge is -2.41. The second-order valence-electron chi connectivity index (χ2n) is 5.78. The van der Waals surface area contributed by atoms with Crippen molar-refractivity contribution in [3.63, 3.8) is 0 Å². The molecular formula is C17H17ClF2N4. The Morgan fingerprint density at radius 3 is 2.33 bits per heavy atom. The Kier molecular flexibility index (Phi) is 4.27. The molecule has 2 atom stereocenters. The first-order chi connectivity index (χ1) is 11.4. The third-order valence-corrected chi connectivity index (χ3v) is 4.62. The predicted octanol–water partition coefficient (Wildman–Crippen LogP) is 3.18. The molecule has 2 unspecified atom stereocenters. The van der Waals surface area contributed by atoms with Crippen LogP contribution >= 0.6 is 11.6 Å². The number of nitrogens with zero attached hydrogens (tertiary/aromatic N) is 3. The molecule has 0 spiro atoms. The minimum atomic E-state index is -1.27. The summed E-state index contributed by atoms with van der Waals surface area (Å²) in [5.41, 5.74) is 4.56. The molecule has 1 heterocycles. The van der Waals surface area contributed by atoms with E-state index in [1.165, 1.54) is 18.2 Å². The standard InChI is InChI=1S/C17H17ClF2N4/c1-10-22-23-11(2)24(10)17(8-13(18)7-6-12(17)9-21)16-14(19)4-3-5-15(16)20/h3-8,12H,9,21H2,1-2H3. The molecule has 4 nitrogen and oxygen atoms in total. The number of halogens is 3. The number of rotatable bonds is 3. The lowest BCUT2D eigenvalue weighted by molar-refractivity contribution is 0.300. The summed E-state index contributed by atoms with van der Waals surface area (Å²) in [6, 6.07) is 3.78. The van der Waals surface area contributed by atoms with Gasteiger partial charge in [0.25, 0.3) is 0 Å². The van der Waals surface area contributed by atoms with Gasteiger partial charge < -0.3 is 10.3 Å². The summed E-state index contributed by atoms with van der Waals surface area (Å²) in [4.78, 5) is 0. The van der Waals surface area contributed by atoms with Crippen molar-refractivity contribution in [2.24, 2.45) is 11.7 Å². The molecule has 2 aromatic rings. The highest BCUT2D eigenvalue weighted by molar-refractivity contribution is 6.31. The molecule has 0 saturated carbocycles. The lowest BCUT2D eigenvalue weighted by atomic mass is 9.74. The van der Waals surface area contributed by atoms with Gasteiger partial charge >= 0.3 is 0 Å². The van der Waals surface area contributed by atoms with Gasteiger partial charge in [-0.3, -0.25) is 0 Å². The van der Waals surface area contributed by atoms with Crippen molar-refractivity contribution in [3.8, 4) is 0 Å². The van der Waals surface area contributed by atoms with Gasteiger partial charge in [0.15, 0.2) is 0 Å². The maximum absolute atomic E-state index is 14.7. The Bertz CT molecular complexity index is 803. The van der Waals surface area contributed by atoms with Crippen molar-refractivity contribution >= 4 is 11.6 Å². The van der Waals surface area contributed by atoms with Crippen LogP contribution in [0, 0.1) is 31.4 Å². The Morgan fingerprint density at radius 1 is 1.21 bits per heavy atom. The number of aryl methyl sites for hydroxylation is 2. The van der Waals surface area contributed by atoms with E-state index in [-0.39, 0.29) is 12.1 Å². The fraction of sp³-hybridized carbons (Fsp3) is 0.294. The van der Waals surface area contributed by atoms with Gasteiger partial charge in [-0.25, -0.2) is 8.78 Å². The van der Waals surface area contributed by atoms with Crippen LogP contribution in [0.4, 0.5) is 8.78 Å². The van der Waals surface area contributed by atoms with Crippen LogP contribution in [0.25, 0.3) is 0 Å². The molecule has 0 amide bonds. The van der Waals surface area contributed by atoms with Crippen LogP contribution in [-0.4, -0.2) is 21.3 Å². The van der Waals surface area contributed by atoms with Crippen LogP contribution in [0.5, 0.6) is 0 Å². The van der Waals surface area contributed by atoms with Gasteiger partial charge in [-0.1, -0.05) is 23.7 Å². The highest BCUT2D eigenvalue weighted by Gasteiger charge is 2.46. The van der Waals surface area contributed by atoms with E-state index in [2.05, 4.69) is 10.2 Å². The summed E-state index contributed by atoms with van der Waals surface area (Å²) in [5.74, 6) is -0.719. The topological polar surface area (TPSA) is 56.7 Å². The summed E-state index contributed by atoms with van der Waals surface area (Å²) in [6.07, 6.45) is 5.08. The summed E-state index contributed by atoms with van der Waals surface area (Å²) in [7, 11) is 0. The number of benzene rings is 1. The van der Waals surface area contributed by atoms with E-state index in [9.17, 15) is 8.78 Å². The number of aromatic nitrogens is 3. The SMILES string of the molecule is Cc1nnc(C)n1C1(c2c(F)cccc2F)C=C(Cl)C=CC1CN. The third kappa shape index (κ3) is 2.37. The molecule has 1 aromatic carbocycles. The summed E-state index contributed by atoms with van der Waals surface area (Å²) < 4.78 is 31.2. The third-order valence-electron chi connectivity index (χ3n) is 4.38. The molecule has 1 aliphatic rings. The highest BCUT2D eigenvalue weighted by atomic mass is 35.5. The van der Waals surface area contributed by atoms with E-state index in [1.807, 2.05) is 0 Å². The van der Waals surface area contributed by atoms with Gasteiger partial charge in [0, 0.05) is 17.5 Å². The van der Waals surface area contributed by atoms with E-state index < -0.39 is 23.1 Å². The lowest BCUT2D eigenvalue weighted by Crippen LogP contribution is -2.47. The van der Waals surface area contributed by atoms with Gasteiger partial charge in [0.2, 0.25) is 0 Å². The molecule has 126 valence electrons. The highest BCUT2D eigenvalue weighted by Crippen LogP contribution is 2.44. The average molecular weight is 351 g/mol. The van der Waals surface area contributed by atoms with Crippen LogP contribution in [0.2, 0.25) is 0 Å². The molecule has 3 rings (SSSR count). The van der Waals surface area contributed by atoms with E-state index in [1.54, 1.807) is 36.6 Å². The minimum absolute atomic E-state index is 0.117. The van der Waals surface area contributed by atoms with Gasteiger partial charge in [0.05, 0.1) is 5.56 Å². The summed E-state index contributed by atoms with van der Waals surface area (Å²) in [5, 5.41) is 8.46. The van der Waals surface area contributed by atoms with Crippen molar-refractivity contribution in [2.75, 3.05) is 6.54 Å². The molecular weight excluding hydrogens is 334 g/mol. The summed E-state index contributed by atoms with van der Waals surface area (Å²) in [6.45, 7) is 3.63. The molecule has 1 aromatic heterocycles. The number of hydrogen-bond acceptors (Lipinski definition) is 3. The molecule has 2 N–H and O–H groups in total. The summed E-state index contributed by atoms with van der Waals surface area (Å²) >= 11 is 6.23. The van der Waals surface area contributed by atoms with E-state index in [4.69, 9.17) is 17.3 Å². The molecule has 1 aliphatic carbocycles. The van der Waals surface area contributed by atoms with Crippen LogP contribution in [0.3, 0.4) is 0 Å². The molecule has 0 bridgehead atoms. The second kappa shape index (κ2) is 6.11. The zero-order chi connectivity index (χ0) is 17.5. The first-order valence-electron chi connectivity index (χ1n) is 7.52. The quantitative estimate of drug-likeness (QED) is 0.925. The number of allylic oxidation sites excluding steroid dienone is 3. The normalized spacial score (nSPS) is 23.4. The predicted molar refractivity (Wildman–Crippen MR) is 88.6 cm³/mol. The van der Waals surface area contributed by atoms with E-state index in [0.29, 0.717) is 16.7 Å². The minimum Gasteiger partial charge on any atom is -0.330 e. The van der Waals surface area contributed by atoms with E-state index >= 15 is 0 Å². The fourth-order valence-electron chi connectivity index (χ4n) is 3.46. The smallest absolute Gasteiger partial charge is 0.132 e. The molecule has 0 aliphatic heterocycles. The first kappa shape index (κ1) is 16.8. The van der Waals surface area contributed by atoms with Crippen LogP contribution in [-0.2, 0) is 5.54 Å². The van der Waals surface area contributed by atoms with Crippen molar-refractivity contribution in [3.05, 3.63) is 70.3 Å². The van der Waals surface area contributed by atoms with E-state index in [0.717, 1.165) is 0 Å². The average Bonchev–Trinajstić information content (AvgIpc) is 2.86. The van der Waals surface area contributed by atoms with Gasteiger partial charge in [-0.05, 0) is 38.1 Å². The molecule has 0 radical (unpaired) electrons. The molecule has 7 heteroatoms. The first-order valence-corrected chi connectivity index (χ1v) is 7.89. The van der Waals surface area contributed by atoms with Crippen molar-refractivity contribution in [1.29, 1.82) is 0 Å². The Balaban J connectivity index is 2.45. The molecule has 0 saturated heterocycles. The zero-order valence-electron chi connectivity index (χ0n) is 13.3. The fourth-order valence-corrected chi connectivity index (χ4v) is 3.70. The van der Waals surface area contributed by atoms with Crippen molar-refractivity contribution in [1.82, 2.24) is 14.8 Å².